The lowest BCUT2D eigenvalue weighted by atomic mass is 10.0. The van der Waals surface area contributed by atoms with Gasteiger partial charge in [0.1, 0.15) is 5.82 Å². The molecule has 0 aliphatic heterocycles. The number of aromatic nitrogens is 2. The van der Waals surface area contributed by atoms with Gasteiger partial charge in [-0.3, -0.25) is 4.79 Å². The predicted octanol–water partition coefficient (Wildman–Crippen LogP) is 3.56. The Morgan fingerprint density at radius 1 is 0.842 bits per heavy atom. The third-order valence-corrected chi connectivity index (χ3v) is 2.99. The highest BCUT2D eigenvalue weighted by molar-refractivity contribution is 5.74. The molecule has 3 heteroatoms. The molecule has 0 amide bonds. The normalized spacial score (nSPS) is 10.3. The van der Waals surface area contributed by atoms with Gasteiger partial charge in [0, 0.05) is 5.56 Å². The SMILES string of the molecule is O=Cc1cnc(-c2ccc(-c3ccccc3)cc2)[nH]1. The molecule has 0 spiro atoms. The van der Waals surface area contributed by atoms with Gasteiger partial charge >= 0.3 is 0 Å². The Balaban J connectivity index is 1.92. The summed E-state index contributed by atoms with van der Waals surface area (Å²) in [7, 11) is 0. The number of nitrogens with one attached hydrogen (secondary N) is 1. The number of H-pyrrole nitrogens is 1. The quantitative estimate of drug-likeness (QED) is 0.720. The molecular formula is C16H12N2O. The van der Waals surface area contributed by atoms with Crippen LogP contribution < -0.4 is 0 Å². The second-order valence-electron chi connectivity index (χ2n) is 4.25. The third-order valence-electron chi connectivity index (χ3n) is 2.99. The van der Waals surface area contributed by atoms with Gasteiger partial charge in [0.05, 0.1) is 11.9 Å². The summed E-state index contributed by atoms with van der Waals surface area (Å²) in [5.74, 6) is 0.710. The van der Waals surface area contributed by atoms with Crippen LogP contribution in [0.25, 0.3) is 22.5 Å². The molecular weight excluding hydrogens is 236 g/mol. The van der Waals surface area contributed by atoms with Crippen molar-refractivity contribution in [1.29, 1.82) is 0 Å². The number of aromatic amines is 1. The second kappa shape index (κ2) is 4.90. The van der Waals surface area contributed by atoms with E-state index in [0.717, 1.165) is 17.4 Å². The van der Waals surface area contributed by atoms with Crippen LogP contribution in [-0.2, 0) is 0 Å². The van der Waals surface area contributed by atoms with Crippen LogP contribution >= 0.6 is 0 Å². The van der Waals surface area contributed by atoms with Crippen molar-refractivity contribution in [3.63, 3.8) is 0 Å². The number of hydrogen-bond donors (Lipinski definition) is 1. The number of rotatable bonds is 3. The van der Waals surface area contributed by atoms with E-state index >= 15 is 0 Å². The maximum Gasteiger partial charge on any atom is 0.167 e. The molecule has 0 radical (unpaired) electrons. The standard InChI is InChI=1S/C16H12N2O/c19-11-15-10-17-16(18-15)14-8-6-13(7-9-14)12-4-2-1-3-5-12/h1-11H,(H,17,18). The minimum atomic E-state index is 0.488. The van der Waals surface area contributed by atoms with Gasteiger partial charge in [0.2, 0.25) is 0 Å². The summed E-state index contributed by atoms with van der Waals surface area (Å²) in [6.07, 6.45) is 2.29. The molecule has 0 fully saturated rings. The fraction of sp³-hybridized carbons (Fsp3) is 0. The number of aldehydes is 1. The molecule has 1 N–H and O–H groups in total. The Kier molecular flexibility index (Phi) is 2.94. The van der Waals surface area contributed by atoms with Crippen molar-refractivity contribution in [2.45, 2.75) is 0 Å². The predicted molar refractivity (Wildman–Crippen MR) is 74.8 cm³/mol. The Labute approximate surface area is 111 Å². The van der Waals surface area contributed by atoms with Gasteiger partial charge < -0.3 is 4.98 Å². The average Bonchev–Trinajstić information content (AvgIpc) is 2.97. The lowest BCUT2D eigenvalue weighted by Crippen LogP contribution is -1.83. The molecule has 0 saturated carbocycles. The molecule has 1 aromatic heterocycles. The molecule has 0 atom stereocenters. The monoisotopic (exact) mass is 248 g/mol. The van der Waals surface area contributed by atoms with E-state index in [1.807, 2.05) is 42.5 Å². The van der Waals surface area contributed by atoms with Crippen molar-refractivity contribution in [3.05, 3.63) is 66.5 Å². The van der Waals surface area contributed by atoms with E-state index in [1.165, 1.54) is 11.8 Å². The highest BCUT2D eigenvalue weighted by Gasteiger charge is 2.03. The van der Waals surface area contributed by atoms with Gasteiger partial charge in [-0.25, -0.2) is 4.98 Å². The lowest BCUT2D eigenvalue weighted by molar-refractivity contribution is 0.111. The summed E-state index contributed by atoms with van der Waals surface area (Å²) in [6, 6.07) is 18.3. The van der Waals surface area contributed by atoms with E-state index < -0.39 is 0 Å². The zero-order chi connectivity index (χ0) is 13.1. The minimum Gasteiger partial charge on any atom is -0.336 e. The number of hydrogen-bond acceptors (Lipinski definition) is 2. The summed E-state index contributed by atoms with van der Waals surface area (Å²) >= 11 is 0. The lowest BCUT2D eigenvalue weighted by Gasteiger charge is -2.02. The highest BCUT2D eigenvalue weighted by Crippen LogP contribution is 2.22. The first-order valence-electron chi connectivity index (χ1n) is 6.03. The van der Waals surface area contributed by atoms with E-state index in [-0.39, 0.29) is 0 Å². The van der Waals surface area contributed by atoms with Gasteiger partial charge in [0.25, 0.3) is 0 Å². The maximum absolute atomic E-state index is 10.6. The van der Waals surface area contributed by atoms with Crippen molar-refractivity contribution < 1.29 is 4.79 Å². The van der Waals surface area contributed by atoms with Crippen molar-refractivity contribution in [3.8, 4) is 22.5 Å². The first kappa shape index (κ1) is 11.4. The molecule has 3 nitrogen and oxygen atoms in total. The Morgan fingerprint density at radius 3 is 2.11 bits per heavy atom. The maximum atomic E-state index is 10.6. The van der Waals surface area contributed by atoms with E-state index in [9.17, 15) is 4.79 Å². The number of carbonyl (C=O) groups is 1. The first-order valence-corrected chi connectivity index (χ1v) is 6.03. The topological polar surface area (TPSA) is 45.8 Å². The van der Waals surface area contributed by atoms with Gasteiger partial charge in [-0.1, -0.05) is 54.6 Å². The van der Waals surface area contributed by atoms with Crippen LogP contribution in [0.5, 0.6) is 0 Å². The third kappa shape index (κ3) is 2.31. The van der Waals surface area contributed by atoms with E-state index in [2.05, 4.69) is 22.1 Å². The zero-order valence-electron chi connectivity index (χ0n) is 10.2. The summed E-state index contributed by atoms with van der Waals surface area (Å²) < 4.78 is 0. The second-order valence-corrected chi connectivity index (χ2v) is 4.25. The fourth-order valence-corrected chi connectivity index (χ4v) is 1.99. The molecule has 0 saturated heterocycles. The largest absolute Gasteiger partial charge is 0.336 e. The van der Waals surface area contributed by atoms with E-state index in [0.29, 0.717) is 11.5 Å². The molecule has 2 aromatic carbocycles. The Hall–Kier alpha value is -2.68. The molecule has 0 bridgehead atoms. The Bertz CT molecular complexity index is 684. The molecule has 3 rings (SSSR count). The van der Waals surface area contributed by atoms with Crippen molar-refractivity contribution >= 4 is 6.29 Å². The smallest absolute Gasteiger partial charge is 0.167 e. The van der Waals surface area contributed by atoms with Crippen molar-refractivity contribution in [2.75, 3.05) is 0 Å². The average molecular weight is 248 g/mol. The summed E-state index contributed by atoms with van der Waals surface area (Å²) in [5.41, 5.74) is 3.79. The van der Waals surface area contributed by atoms with Gasteiger partial charge in [0.15, 0.2) is 6.29 Å². The molecule has 3 aromatic rings. The van der Waals surface area contributed by atoms with Gasteiger partial charge in [-0.15, -0.1) is 0 Å². The van der Waals surface area contributed by atoms with Crippen LogP contribution in [0, 0.1) is 0 Å². The Morgan fingerprint density at radius 2 is 1.47 bits per heavy atom. The van der Waals surface area contributed by atoms with E-state index in [4.69, 9.17) is 0 Å². The minimum absolute atomic E-state index is 0.488. The summed E-state index contributed by atoms with van der Waals surface area (Å²) in [6.45, 7) is 0. The zero-order valence-corrected chi connectivity index (χ0v) is 10.2. The van der Waals surface area contributed by atoms with Gasteiger partial charge in [-0.05, 0) is 11.1 Å². The first-order chi connectivity index (χ1) is 9.36. The molecule has 0 unspecified atom stereocenters. The van der Waals surface area contributed by atoms with E-state index in [1.54, 1.807) is 0 Å². The van der Waals surface area contributed by atoms with Crippen LogP contribution in [0.3, 0.4) is 0 Å². The summed E-state index contributed by atoms with van der Waals surface area (Å²) in [5, 5.41) is 0. The number of benzene rings is 2. The van der Waals surface area contributed by atoms with Crippen molar-refractivity contribution in [2.24, 2.45) is 0 Å². The molecule has 19 heavy (non-hydrogen) atoms. The fourth-order valence-electron chi connectivity index (χ4n) is 1.99. The highest BCUT2D eigenvalue weighted by atomic mass is 16.1. The van der Waals surface area contributed by atoms with Crippen LogP contribution in [0.1, 0.15) is 10.5 Å². The molecule has 92 valence electrons. The van der Waals surface area contributed by atoms with Gasteiger partial charge in [-0.2, -0.15) is 0 Å². The van der Waals surface area contributed by atoms with Crippen LogP contribution in [0.4, 0.5) is 0 Å². The molecule has 0 aliphatic rings. The van der Waals surface area contributed by atoms with Crippen molar-refractivity contribution in [1.82, 2.24) is 9.97 Å². The molecule has 0 aliphatic carbocycles. The van der Waals surface area contributed by atoms with Crippen LogP contribution in [0.15, 0.2) is 60.8 Å². The number of carbonyl (C=O) groups excluding carboxylic acids is 1. The summed E-state index contributed by atoms with van der Waals surface area (Å²) in [4.78, 5) is 17.8. The molecule has 1 heterocycles. The number of imidazole rings is 1. The number of nitrogens with zero attached hydrogens (tertiary/aromatic N) is 1. The van der Waals surface area contributed by atoms with Crippen LogP contribution in [-0.4, -0.2) is 16.3 Å². The van der Waals surface area contributed by atoms with Crippen LogP contribution in [0.2, 0.25) is 0 Å².